The molecule has 72 valence electrons. The Kier molecular flexibility index (Phi) is 2.93. The fourth-order valence-electron chi connectivity index (χ4n) is 1.01. The van der Waals surface area contributed by atoms with E-state index < -0.39 is 17.9 Å². The lowest BCUT2D eigenvalue weighted by molar-refractivity contribution is 0.286. The summed E-state index contributed by atoms with van der Waals surface area (Å²) in [6.45, 7) is 1.43. The maximum Gasteiger partial charge on any atom is 0.179 e. The molecule has 0 fully saturated rings. The highest BCUT2D eigenvalue weighted by atomic mass is 19.2. The number of halogens is 3. The van der Waals surface area contributed by atoms with Gasteiger partial charge in [-0.05, 0) is 19.5 Å². The minimum atomic E-state index is -1.67. The lowest BCUT2D eigenvalue weighted by atomic mass is 10.1. The number of benzene rings is 1. The van der Waals surface area contributed by atoms with E-state index in [1.165, 1.54) is 26.1 Å². The van der Waals surface area contributed by atoms with Crippen LogP contribution in [0.15, 0.2) is 12.1 Å². The SMILES string of the molecule is CNC(F)c1ccc(C)c(F)c1F. The predicted molar refractivity (Wildman–Crippen MR) is 44.0 cm³/mol. The zero-order chi connectivity index (χ0) is 10.0. The van der Waals surface area contributed by atoms with E-state index in [2.05, 4.69) is 5.32 Å². The molecule has 1 unspecified atom stereocenters. The monoisotopic (exact) mass is 189 g/mol. The molecule has 0 spiro atoms. The minimum absolute atomic E-state index is 0.171. The van der Waals surface area contributed by atoms with Crippen LogP contribution in [0.25, 0.3) is 0 Å². The maximum atomic E-state index is 13.0. The molecule has 0 aliphatic rings. The van der Waals surface area contributed by atoms with Crippen molar-refractivity contribution in [1.29, 1.82) is 0 Å². The summed E-state index contributed by atoms with van der Waals surface area (Å²) in [6.07, 6.45) is -1.67. The Labute approximate surface area is 74.6 Å². The van der Waals surface area contributed by atoms with Crippen molar-refractivity contribution in [2.75, 3.05) is 7.05 Å². The summed E-state index contributed by atoms with van der Waals surface area (Å²) < 4.78 is 38.9. The van der Waals surface area contributed by atoms with Crippen molar-refractivity contribution in [2.45, 2.75) is 13.2 Å². The van der Waals surface area contributed by atoms with Crippen molar-refractivity contribution in [3.63, 3.8) is 0 Å². The minimum Gasteiger partial charge on any atom is -0.287 e. The lowest BCUT2D eigenvalue weighted by Gasteiger charge is -2.09. The van der Waals surface area contributed by atoms with Crippen LogP contribution in [0.5, 0.6) is 0 Å². The summed E-state index contributed by atoms with van der Waals surface area (Å²) in [5, 5.41) is 2.20. The van der Waals surface area contributed by atoms with Gasteiger partial charge in [0.05, 0.1) is 0 Å². The average Bonchev–Trinajstić information content (AvgIpc) is 2.13. The zero-order valence-electron chi connectivity index (χ0n) is 7.37. The molecule has 0 aromatic heterocycles. The van der Waals surface area contributed by atoms with Gasteiger partial charge in [-0.3, -0.25) is 5.32 Å². The molecule has 0 radical (unpaired) electrons. The van der Waals surface area contributed by atoms with Crippen LogP contribution in [0.3, 0.4) is 0 Å². The van der Waals surface area contributed by atoms with Crippen molar-refractivity contribution in [1.82, 2.24) is 5.32 Å². The van der Waals surface area contributed by atoms with Gasteiger partial charge in [0, 0.05) is 5.56 Å². The van der Waals surface area contributed by atoms with Crippen molar-refractivity contribution in [3.8, 4) is 0 Å². The van der Waals surface area contributed by atoms with Gasteiger partial charge in [-0.1, -0.05) is 12.1 Å². The highest BCUT2D eigenvalue weighted by Gasteiger charge is 2.16. The van der Waals surface area contributed by atoms with E-state index in [4.69, 9.17) is 0 Å². The average molecular weight is 189 g/mol. The van der Waals surface area contributed by atoms with Crippen LogP contribution in [-0.4, -0.2) is 7.05 Å². The van der Waals surface area contributed by atoms with Crippen LogP contribution >= 0.6 is 0 Å². The number of hydrogen-bond acceptors (Lipinski definition) is 1. The smallest absolute Gasteiger partial charge is 0.179 e. The second-order valence-corrected chi connectivity index (χ2v) is 2.75. The first kappa shape index (κ1) is 10.1. The Morgan fingerprint density at radius 1 is 1.23 bits per heavy atom. The second-order valence-electron chi connectivity index (χ2n) is 2.75. The predicted octanol–water partition coefficient (Wildman–Crippen LogP) is 2.46. The zero-order valence-corrected chi connectivity index (χ0v) is 7.37. The van der Waals surface area contributed by atoms with Gasteiger partial charge in [-0.15, -0.1) is 0 Å². The number of alkyl halides is 1. The second kappa shape index (κ2) is 3.79. The molecule has 0 bridgehead atoms. The fourth-order valence-corrected chi connectivity index (χ4v) is 1.01. The molecule has 1 nitrogen and oxygen atoms in total. The van der Waals surface area contributed by atoms with E-state index in [1.807, 2.05) is 0 Å². The van der Waals surface area contributed by atoms with Crippen molar-refractivity contribution in [3.05, 3.63) is 34.9 Å². The van der Waals surface area contributed by atoms with Gasteiger partial charge in [-0.2, -0.15) is 0 Å². The van der Waals surface area contributed by atoms with Crippen molar-refractivity contribution < 1.29 is 13.2 Å². The third-order valence-electron chi connectivity index (χ3n) is 1.83. The quantitative estimate of drug-likeness (QED) is 0.704. The molecule has 1 aromatic carbocycles. The van der Waals surface area contributed by atoms with E-state index in [1.54, 1.807) is 0 Å². The molecule has 1 atom stereocenters. The first-order chi connectivity index (χ1) is 6.07. The van der Waals surface area contributed by atoms with Gasteiger partial charge < -0.3 is 0 Å². The summed E-state index contributed by atoms with van der Waals surface area (Å²) in [5.74, 6) is -2.11. The van der Waals surface area contributed by atoms with Gasteiger partial charge in [-0.25, -0.2) is 13.2 Å². The van der Waals surface area contributed by atoms with Gasteiger partial charge >= 0.3 is 0 Å². The van der Waals surface area contributed by atoms with Crippen molar-refractivity contribution >= 4 is 0 Å². The van der Waals surface area contributed by atoms with E-state index >= 15 is 0 Å². The van der Waals surface area contributed by atoms with Crippen LogP contribution in [0, 0.1) is 18.6 Å². The van der Waals surface area contributed by atoms with E-state index in [9.17, 15) is 13.2 Å². The molecule has 0 heterocycles. The van der Waals surface area contributed by atoms with E-state index in [0.29, 0.717) is 0 Å². The molecule has 0 aliphatic heterocycles. The van der Waals surface area contributed by atoms with Crippen LogP contribution in [0.4, 0.5) is 13.2 Å². The number of aryl methyl sites for hydroxylation is 1. The maximum absolute atomic E-state index is 13.0. The largest absolute Gasteiger partial charge is 0.287 e. The Morgan fingerprint density at radius 3 is 2.38 bits per heavy atom. The van der Waals surface area contributed by atoms with Gasteiger partial charge in [0.1, 0.15) is 0 Å². The molecule has 0 aliphatic carbocycles. The van der Waals surface area contributed by atoms with Gasteiger partial charge in [0.2, 0.25) is 0 Å². The molecule has 1 rings (SSSR count). The molecule has 1 aromatic rings. The van der Waals surface area contributed by atoms with Gasteiger partial charge in [0.15, 0.2) is 17.9 Å². The molecule has 0 saturated carbocycles. The summed E-state index contributed by atoms with van der Waals surface area (Å²) in [6, 6.07) is 2.58. The first-order valence-corrected chi connectivity index (χ1v) is 3.83. The van der Waals surface area contributed by atoms with Crippen LogP contribution < -0.4 is 5.32 Å². The summed E-state index contributed by atoms with van der Waals surface area (Å²) in [7, 11) is 1.34. The highest BCUT2D eigenvalue weighted by Crippen LogP contribution is 2.21. The molecular weight excluding hydrogens is 179 g/mol. The normalized spacial score (nSPS) is 13.0. The Morgan fingerprint density at radius 2 is 1.85 bits per heavy atom. The molecule has 0 saturated heterocycles. The first-order valence-electron chi connectivity index (χ1n) is 3.83. The fraction of sp³-hybridized carbons (Fsp3) is 0.333. The highest BCUT2D eigenvalue weighted by molar-refractivity contribution is 5.26. The molecular formula is C9H10F3N. The third-order valence-corrected chi connectivity index (χ3v) is 1.83. The van der Waals surface area contributed by atoms with Crippen LogP contribution in [0.2, 0.25) is 0 Å². The molecule has 1 N–H and O–H groups in total. The topological polar surface area (TPSA) is 12.0 Å². The number of hydrogen-bond donors (Lipinski definition) is 1. The molecule has 13 heavy (non-hydrogen) atoms. The number of rotatable bonds is 2. The van der Waals surface area contributed by atoms with Crippen LogP contribution in [-0.2, 0) is 0 Å². The summed E-state index contributed by atoms with van der Waals surface area (Å²) in [4.78, 5) is 0. The van der Waals surface area contributed by atoms with E-state index in [0.717, 1.165) is 0 Å². The number of nitrogens with one attached hydrogen (secondary N) is 1. The standard InChI is InChI=1S/C9H10F3N/c1-5-3-4-6(9(12)13-2)8(11)7(5)10/h3-4,9,13H,1-2H3. The van der Waals surface area contributed by atoms with Crippen LogP contribution in [0.1, 0.15) is 17.4 Å². The Hall–Kier alpha value is -1.03. The van der Waals surface area contributed by atoms with E-state index in [-0.39, 0.29) is 11.1 Å². The van der Waals surface area contributed by atoms with Gasteiger partial charge in [0.25, 0.3) is 0 Å². The van der Waals surface area contributed by atoms with Crippen molar-refractivity contribution in [2.24, 2.45) is 0 Å². The Balaban J connectivity index is 3.18. The lowest BCUT2D eigenvalue weighted by Crippen LogP contribution is -2.13. The molecule has 0 amide bonds. The third kappa shape index (κ3) is 1.83. The molecule has 4 heteroatoms. The Bertz CT molecular complexity index is 312. The summed E-state index contributed by atoms with van der Waals surface area (Å²) in [5.41, 5.74) is -0.129. The summed E-state index contributed by atoms with van der Waals surface area (Å²) >= 11 is 0.